The Balaban J connectivity index is 0. The summed E-state index contributed by atoms with van der Waals surface area (Å²) in [6, 6.07) is 0. The van der Waals surface area contributed by atoms with Crippen molar-refractivity contribution in [2.45, 2.75) is 0 Å². The molecule has 0 aliphatic heterocycles. The summed E-state index contributed by atoms with van der Waals surface area (Å²) >= 11 is 0. The van der Waals surface area contributed by atoms with E-state index >= 15 is 0 Å². The molecule has 6 heteroatoms. The van der Waals surface area contributed by atoms with Gasteiger partial charge in [-0.3, -0.25) is 4.57 Å². The van der Waals surface area contributed by atoms with E-state index in [1.54, 1.807) is 0 Å². The van der Waals surface area contributed by atoms with Crippen molar-refractivity contribution in [3.63, 3.8) is 0 Å². The normalized spacial score (nSPS) is 17.0. The van der Waals surface area contributed by atoms with Crippen LogP contribution >= 0.6 is 7.82 Å². The Morgan fingerprint density at radius 3 is 2.00 bits per heavy atom. The summed E-state index contributed by atoms with van der Waals surface area (Å²) in [6.07, 6.45) is 0. The van der Waals surface area contributed by atoms with E-state index in [4.69, 9.17) is 4.89 Å². The average molecular weight is 200 g/mol. The van der Waals surface area contributed by atoms with Crippen molar-refractivity contribution in [1.82, 2.24) is 0 Å². The van der Waals surface area contributed by atoms with E-state index in [1.165, 1.54) is 0 Å². The third-order valence-electron chi connectivity index (χ3n) is 0.231. The zero-order valence-electron chi connectivity index (χ0n) is 3.70. The summed E-state index contributed by atoms with van der Waals surface area (Å²) in [5.74, 6) is 0. The Morgan fingerprint density at radius 1 is 1.86 bits per heavy atom. The predicted molar refractivity (Wildman–Crippen MR) is 16.8 cm³/mol. The van der Waals surface area contributed by atoms with E-state index in [2.05, 4.69) is 4.52 Å². The molecule has 0 bridgehead atoms. The van der Waals surface area contributed by atoms with Crippen LogP contribution < -0.4 is 4.89 Å². The SMILES string of the molecule is COP(=O)([O-])O.[Y]. The van der Waals surface area contributed by atoms with Crippen LogP contribution in [0, 0.1) is 0 Å². The smallest absolute Gasteiger partial charge is 0.264 e. The maximum atomic E-state index is 9.36. The first-order chi connectivity index (χ1) is 2.56. The van der Waals surface area contributed by atoms with Gasteiger partial charge < -0.3 is 14.3 Å². The molecule has 0 aromatic carbocycles. The van der Waals surface area contributed by atoms with Crippen LogP contribution in [0.3, 0.4) is 0 Å². The third-order valence-corrected chi connectivity index (χ3v) is 0.692. The Labute approximate surface area is 66.4 Å². The second-order valence-electron chi connectivity index (χ2n) is 0.651. The van der Waals surface area contributed by atoms with Gasteiger partial charge in [0.15, 0.2) is 0 Å². The standard InChI is InChI=1S/CH5O4P.Y/c1-5-6(2,3)4;/h1H3,(H2,2,3,4);/p-1. The largest absolute Gasteiger partial charge is 0.756 e. The summed E-state index contributed by atoms with van der Waals surface area (Å²) < 4.78 is 12.9. The third kappa shape index (κ3) is 11.0. The van der Waals surface area contributed by atoms with Gasteiger partial charge in [-0.25, -0.2) is 0 Å². The topological polar surface area (TPSA) is 69.6 Å². The number of hydrogen-bond donors (Lipinski definition) is 1. The van der Waals surface area contributed by atoms with Crippen LogP contribution in [0.25, 0.3) is 0 Å². The van der Waals surface area contributed by atoms with Crippen molar-refractivity contribution in [2.75, 3.05) is 7.11 Å². The van der Waals surface area contributed by atoms with Crippen molar-refractivity contribution in [2.24, 2.45) is 0 Å². The van der Waals surface area contributed by atoms with Crippen LogP contribution in [0.4, 0.5) is 0 Å². The zero-order chi connectivity index (χ0) is 5.21. The molecule has 0 spiro atoms. The zero-order valence-corrected chi connectivity index (χ0v) is 7.43. The Bertz CT molecular complexity index is 75.8. The molecule has 0 rings (SSSR count). The first-order valence-corrected chi connectivity index (χ1v) is 2.65. The summed E-state index contributed by atoms with van der Waals surface area (Å²) in [4.78, 5) is 17.0. The summed E-state index contributed by atoms with van der Waals surface area (Å²) in [7, 11) is -3.51. The molecule has 0 aromatic rings. The van der Waals surface area contributed by atoms with Gasteiger partial charge in [-0.1, -0.05) is 0 Å². The first kappa shape index (κ1) is 11.1. The van der Waals surface area contributed by atoms with Crippen LogP contribution in [-0.2, 0) is 41.8 Å². The average Bonchev–Trinajstić information content (AvgIpc) is 1.35. The number of rotatable bonds is 1. The molecule has 0 saturated heterocycles. The van der Waals surface area contributed by atoms with Crippen LogP contribution in [0.2, 0.25) is 0 Å². The molecule has 7 heavy (non-hydrogen) atoms. The van der Waals surface area contributed by atoms with Crippen LogP contribution in [-0.4, -0.2) is 12.0 Å². The predicted octanol–water partition coefficient (Wildman–Crippen LogP) is -0.909. The van der Waals surface area contributed by atoms with Crippen molar-refractivity contribution in [3.05, 3.63) is 0 Å². The number of hydrogen-bond acceptors (Lipinski definition) is 3. The monoisotopic (exact) mass is 200 g/mol. The molecule has 0 amide bonds. The molecule has 4 nitrogen and oxygen atoms in total. The Morgan fingerprint density at radius 2 is 2.00 bits per heavy atom. The molecule has 1 atom stereocenters. The van der Waals surface area contributed by atoms with Crippen molar-refractivity contribution >= 4 is 7.82 Å². The molecule has 0 saturated carbocycles. The molecule has 0 aliphatic carbocycles. The molecular weight excluding hydrogens is 196 g/mol. The Hall–Kier alpha value is 1.21. The van der Waals surface area contributed by atoms with Gasteiger partial charge in [0.25, 0.3) is 7.82 Å². The molecule has 1 N–H and O–H groups in total. The second-order valence-corrected chi connectivity index (χ2v) is 1.95. The summed E-state index contributed by atoms with van der Waals surface area (Å²) in [6.45, 7) is 0. The molecule has 0 aromatic heterocycles. The fraction of sp³-hybridized carbons (Fsp3) is 1.00. The van der Waals surface area contributed by atoms with Crippen LogP contribution in [0.15, 0.2) is 0 Å². The van der Waals surface area contributed by atoms with Crippen molar-refractivity contribution in [3.8, 4) is 0 Å². The van der Waals surface area contributed by atoms with Gasteiger partial charge in [0.1, 0.15) is 0 Å². The van der Waals surface area contributed by atoms with E-state index in [-0.39, 0.29) is 32.7 Å². The van der Waals surface area contributed by atoms with Crippen molar-refractivity contribution < 1.29 is 51.6 Å². The molecular formula is CH4O4PY-. The summed E-state index contributed by atoms with van der Waals surface area (Å²) in [5.41, 5.74) is 0. The van der Waals surface area contributed by atoms with Gasteiger partial charge in [0, 0.05) is 39.8 Å². The number of phosphoric acid groups is 1. The Kier molecular flexibility index (Phi) is 6.53. The van der Waals surface area contributed by atoms with Gasteiger partial charge in [-0.15, -0.1) is 0 Å². The fourth-order valence-electron chi connectivity index (χ4n) is 0. The quantitative estimate of drug-likeness (QED) is 0.556. The summed E-state index contributed by atoms with van der Waals surface area (Å²) in [5, 5.41) is 0. The first-order valence-electron chi connectivity index (χ1n) is 1.16. The van der Waals surface area contributed by atoms with Crippen molar-refractivity contribution in [1.29, 1.82) is 0 Å². The second kappa shape index (κ2) is 4.13. The molecule has 0 heterocycles. The van der Waals surface area contributed by atoms with Gasteiger partial charge >= 0.3 is 0 Å². The molecule has 41 valence electrons. The van der Waals surface area contributed by atoms with E-state index in [1.807, 2.05) is 0 Å². The van der Waals surface area contributed by atoms with Gasteiger partial charge in [0.2, 0.25) is 0 Å². The van der Waals surface area contributed by atoms with Gasteiger partial charge in [-0.2, -0.15) is 0 Å². The van der Waals surface area contributed by atoms with Gasteiger partial charge in [0.05, 0.1) is 0 Å². The molecule has 0 aliphatic rings. The minimum Gasteiger partial charge on any atom is -0.756 e. The minimum atomic E-state index is -4.40. The van der Waals surface area contributed by atoms with E-state index in [9.17, 15) is 9.46 Å². The molecule has 1 unspecified atom stereocenters. The minimum absolute atomic E-state index is 0. The maximum Gasteiger partial charge on any atom is 0.264 e. The molecule has 0 fully saturated rings. The van der Waals surface area contributed by atoms with Gasteiger partial charge in [-0.05, 0) is 0 Å². The van der Waals surface area contributed by atoms with Crippen LogP contribution in [0.5, 0.6) is 0 Å². The van der Waals surface area contributed by atoms with E-state index in [0.717, 1.165) is 7.11 Å². The molecule has 1 radical (unpaired) electrons. The number of phosphoric ester groups is 1. The maximum absolute atomic E-state index is 9.36. The fourth-order valence-corrected chi connectivity index (χ4v) is 0. The van der Waals surface area contributed by atoms with E-state index < -0.39 is 7.82 Å². The van der Waals surface area contributed by atoms with Crippen LogP contribution in [0.1, 0.15) is 0 Å². The van der Waals surface area contributed by atoms with E-state index in [0.29, 0.717) is 0 Å².